The van der Waals surface area contributed by atoms with Gasteiger partial charge in [-0.2, -0.15) is 0 Å². The Labute approximate surface area is 207 Å². The highest BCUT2D eigenvalue weighted by Crippen LogP contribution is 2.68. The molecule has 9 atom stereocenters. The molecule has 4 saturated carbocycles. The Morgan fingerprint density at radius 1 is 1.06 bits per heavy atom. The van der Waals surface area contributed by atoms with E-state index in [-0.39, 0.29) is 17.4 Å². The van der Waals surface area contributed by atoms with Gasteiger partial charge in [0.1, 0.15) is 0 Å². The molecule has 0 saturated heterocycles. The second-order valence-electron chi connectivity index (χ2n) is 13.3. The number of carbonyl (C=O) groups is 1. The normalized spacial score (nSPS) is 42.2. The topological polar surface area (TPSA) is 75.1 Å². The Hall–Kier alpha value is -1.22. The third kappa shape index (κ3) is 4.75. The predicted octanol–water partition coefficient (Wildman–Crippen LogP) is 8.33. The maximum atomic E-state index is 11.9. The van der Waals surface area contributed by atoms with E-state index in [0.717, 1.165) is 48.9 Å². The van der Waals surface area contributed by atoms with Gasteiger partial charge in [-0.05, 0) is 110 Å². The van der Waals surface area contributed by atoms with Gasteiger partial charge in [0.05, 0.1) is 6.61 Å². The van der Waals surface area contributed by atoms with Crippen LogP contribution in [0.15, 0.2) is 5.11 Å². The molecule has 0 aromatic heterocycles. The van der Waals surface area contributed by atoms with E-state index in [4.69, 9.17) is 10.3 Å². The lowest BCUT2D eigenvalue weighted by molar-refractivity contribution is -0.169. The van der Waals surface area contributed by atoms with E-state index >= 15 is 0 Å². The first-order valence-electron chi connectivity index (χ1n) is 14.4. The van der Waals surface area contributed by atoms with Crippen molar-refractivity contribution >= 4 is 5.97 Å². The summed E-state index contributed by atoms with van der Waals surface area (Å²) < 4.78 is 5.80. The summed E-state index contributed by atoms with van der Waals surface area (Å²) in [6.07, 6.45) is 15.1. The van der Waals surface area contributed by atoms with E-state index in [1.807, 2.05) is 0 Å². The standard InChI is InChI=1S/C29H49N3O2/c1-19(2)7-6-8-20(3)25-11-12-26-24-10-9-22-17-23(31-32-30)13-16-29(22,18-34-21(4)33)27(24)14-15-28(25,26)5/h19-20,22-27H,6-18H2,1-5H3/t20-,22-,23-,24+,25-,26+,27+,28-,29-/m1/s1. The lowest BCUT2D eigenvalue weighted by Crippen LogP contribution is -2.57. The van der Waals surface area contributed by atoms with Crippen LogP contribution in [-0.4, -0.2) is 18.6 Å². The summed E-state index contributed by atoms with van der Waals surface area (Å²) in [4.78, 5) is 15.0. The zero-order valence-electron chi connectivity index (χ0n) is 22.5. The summed E-state index contributed by atoms with van der Waals surface area (Å²) in [6.45, 7) is 12.0. The Morgan fingerprint density at radius 2 is 1.85 bits per heavy atom. The number of fused-ring (bicyclic) bond motifs is 5. The third-order valence-corrected chi connectivity index (χ3v) is 11.3. The molecule has 0 aromatic rings. The maximum Gasteiger partial charge on any atom is 0.302 e. The van der Waals surface area contributed by atoms with Gasteiger partial charge >= 0.3 is 5.97 Å². The number of hydrogen-bond acceptors (Lipinski definition) is 3. The number of rotatable bonds is 8. The van der Waals surface area contributed by atoms with Crippen LogP contribution in [0, 0.1) is 52.3 Å². The molecule has 0 bridgehead atoms. The summed E-state index contributed by atoms with van der Waals surface area (Å²) >= 11 is 0. The first kappa shape index (κ1) is 25.9. The number of ether oxygens (including phenoxy) is 1. The van der Waals surface area contributed by atoms with Crippen molar-refractivity contribution in [2.45, 2.75) is 118 Å². The summed E-state index contributed by atoms with van der Waals surface area (Å²) in [5, 5.41) is 4.11. The molecular weight excluding hydrogens is 422 g/mol. The largest absolute Gasteiger partial charge is 0.465 e. The molecule has 0 heterocycles. The lowest BCUT2D eigenvalue weighted by Gasteiger charge is -2.62. The van der Waals surface area contributed by atoms with Crippen molar-refractivity contribution in [3.8, 4) is 0 Å². The Morgan fingerprint density at radius 3 is 2.56 bits per heavy atom. The first-order chi connectivity index (χ1) is 16.2. The van der Waals surface area contributed by atoms with Crippen molar-refractivity contribution in [1.29, 1.82) is 0 Å². The Bertz CT molecular complexity index is 777. The fourth-order valence-corrected chi connectivity index (χ4v) is 9.75. The van der Waals surface area contributed by atoms with Crippen molar-refractivity contribution < 1.29 is 9.53 Å². The highest BCUT2D eigenvalue weighted by atomic mass is 16.5. The zero-order valence-corrected chi connectivity index (χ0v) is 22.5. The van der Waals surface area contributed by atoms with Crippen molar-refractivity contribution in [2.24, 2.45) is 57.4 Å². The molecule has 4 fully saturated rings. The van der Waals surface area contributed by atoms with Gasteiger partial charge in [0.15, 0.2) is 0 Å². The molecule has 4 rings (SSSR count). The first-order valence-corrected chi connectivity index (χ1v) is 14.4. The number of carbonyl (C=O) groups excluding carboxylic acids is 1. The van der Waals surface area contributed by atoms with Gasteiger partial charge in [0.2, 0.25) is 0 Å². The summed E-state index contributed by atoms with van der Waals surface area (Å²) in [7, 11) is 0. The molecule has 4 aliphatic rings. The number of nitrogens with zero attached hydrogens (tertiary/aromatic N) is 3. The molecule has 0 radical (unpaired) electrons. The van der Waals surface area contributed by atoms with E-state index in [1.54, 1.807) is 6.92 Å². The molecule has 5 heteroatoms. The van der Waals surface area contributed by atoms with Crippen LogP contribution in [-0.2, 0) is 9.53 Å². The average molecular weight is 472 g/mol. The summed E-state index contributed by atoms with van der Waals surface area (Å²) in [6, 6.07) is 0.119. The third-order valence-electron chi connectivity index (χ3n) is 11.3. The molecule has 4 aliphatic carbocycles. The molecule has 0 aromatic carbocycles. The van der Waals surface area contributed by atoms with E-state index < -0.39 is 0 Å². The molecule has 34 heavy (non-hydrogen) atoms. The van der Waals surface area contributed by atoms with Crippen molar-refractivity contribution in [1.82, 2.24) is 0 Å². The Balaban J connectivity index is 1.52. The van der Waals surface area contributed by atoms with Crippen LogP contribution in [0.2, 0.25) is 0 Å². The fourth-order valence-electron chi connectivity index (χ4n) is 9.75. The monoisotopic (exact) mass is 471 g/mol. The molecule has 0 aliphatic heterocycles. The van der Waals surface area contributed by atoms with Gasteiger partial charge in [-0.3, -0.25) is 4.79 Å². The number of azide groups is 1. The second kappa shape index (κ2) is 10.4. The van der Waals surface area contributed by atoms with Gasteiger partial charge in [-0.15, -0.1) is 0 Å². The smallest absolute Gasteiger partial charge is 0.302 e. The van der Waals surface area contributed by atoms with Crippen molar-refractivity contribution in [3.63, 3.8) is 0 Å². The zero-order chi connectivity index (χ0) is 24.5. The van der Waals surface area contributed by atoms with Crippen LogP contribution in [0.3, 0.4) is 0 Å². The van der Waals surface area contributed by atoms with Gasteiger partial charge in [0, 0.05) is 23.3 Å². The van der Waals surface area contributed by atoms with E-state index in [2.05, 4.69) is 37.7 Å². The minimum atomic E-state index is -0.149. The van der Waals surface area contributed by atoms with Gasteiger partial charge in [-0.1, -0.05) is 52.1 Å². The number of hydrogen-bond donors (Lipinski definition) is 0. The average Bonchev–Trinajstić information content (AvgIpc) is 3.15. The molecule has 0 N–H and O–H groups in total. The van der Waals surface area contributed by atoms with Crippen LogP contribution in [0.4, 0.5) is 0 Å². The van der Waals surface area contributed by atoms with Crippen molar-refractivity contribution in [3.05, 3.63) is 10.4 Å². The van der Waals surface area contributed by atoms with Crippen LogP contribution >= 0.6 is 0 Å². The molecule has 192 valence electrons. The van der Waals surface area contributed by atoms with Crippen LogP contribution < -0.4 is 0 Å². The van der Waals surface area contributed by atoms with Gasteiger partial charge in [0.25, 0.3) is 0 Å². The lowest BCUT2D eigenvalue weighted by atomic mass is 9.44. The second-order valence-corrected chi connectivity index (χ2v) is 13.3. The molecule has 0 spiro atoms. The molecule has 0 amide bonds. The van der Waals surface area contributed by atoms with Crippen LogP contribution in [0.5, 0.6) is 0 Å². The summed E-state index contributed by atoms with van der Waals surface area (Å²) in [5.41, 5.74) is 9.59. The van der Waals surface area contributed by atoms with Crippen LogP contribution in [0.1, 0.15) is 112 Å². The van der Waals surface area contributed by atoms with E-state index in [9.17, 15) is 4.79 Å². The van der Waals surface area contributed by atoms with Gasteiger partial charge in [-0.25, -0.2) is 0 Å². The fraction of sp³-hybridized carbons (Fsp3) is 0.966. The Kier molecular flexibility index (Phi) is 7.92. The minimum Gasteiger partial charge on any atom is -0.465 e. The van der Waals surface area contributed by atoms with Gasteiger partial charge < -0.3 is 4.74 Å². The minimum absolute atomic E-state index is 0.0956. The van der Waals surface area contributed by atoms with E-state index in [0.29, 0.717) is 23.9 Å². The predicted molar refractivity (Wildman–Crippen MR) is 137 cm³/mol. The molecule has 0 unspecified atom stereocenters. The van der Waals surface area contributed by atoms with Crippen molar-refractivity contribution in [2.75, 3.05) is 6.61 Å². The molecule has 5 nitrogen and oxygen atoms in total. The highest BCUT2D eigenvalue weighted by Gasteiger charge is 2.62. The molecular formula is C29H49N3O2. The number of esters is 1. The maximum absolute atomic E-state index is 11.9. The van der Waals surface area contributed by atoms with Crippen LogP contribution in [0.25, 0.3) is 10.4 Å². The highest BCUT2D eigenvalue weighted by molar-refractivity contribution is 5.65. The van der Waals surface area contributed by atoms with E-state index in [1.165, 1.54) is 57.8 Å². The quantitative estimate of drug-likeness (QED) is 0.154. The summed E-state index contributed by atoms with van der Waals surface area (Å²) in [5.74, 6) is 5.14. The SMILES string of the molecule is CC(=O)OC[C@]12CC[C@@H](N=[N+]=[N-])C[C@H]1CC[C@H]1[C@@H]3CC[C@H]([C@H](C)CCCC(C)C)[C@@]3(C)CC[C@@H]12.